The largest absolute Gasteiger partial charge is 0.314 e. The van der Waals surface area contributed by atoms with Crippen molar-refractivity contribution in [1.82, 2.24) is 10.2 Å². The van der Waals surface area contributed by atoms with Crippen LogP contribution < -0.4 is 5.32 Å². The van der Waals surface area contributed by atoms with E-state index < -0.39 is 0 Å². The van der Waals surface area contributed by atoms with E-state index in [2.05, 4.69) is 51.2 Å². The molecule has 0 unspecified atom stereocenters. The number of rotatable bonds is 11. The van der Waals surface area contributed by atoms with Gasteiger partial charge >= 0.3 is 0 Å². The normalized spacial score (nSPS) is 12.7. The van der Waals surface area contributed by atoms with Gasteiger partial charge in [0, 0.05) is 19.1 Å². The van der Waals surface area contributed by atoms with Gasteiger partial charge in [0.1, 0.15) is 0 Å². The molecule has 0 aromatic rings. The molecule has 0 aliphatic rings. The Labute approximate surface area is 119 Å². The van der Waals surface area contributed by atoms with Gasteiger partial charge in [-0.25, -0.2) is 0 Å². The number of hydrogen-bond donors (Lipinski definition) is 1. The molecule has 0 aliphatic heterocycles. The molecular weight excluding hydrogens is 240 g/mol. The SMILES string of the molecule is CCC(CC)(CNC(C)C)CN(C)CCCSC. The second kappa shape index (κ2) is 10.1. The molecule has 0 atom stereocenters. The monoisotopic (exact) mass is 274 g/mol. The molecule has 2 nitrogen and oxygen atoms in total. The van der Waals surface area contributed by atoms with Gasteiger partial charge in [0.05, 0.1) is 0 Å². The first-order valence-corrected chi connectivity index (χ1v) is 8.80. The lowest BCUT2D eigenvalue weighted by Crippen LogP contribution is -2.44. The Morgan fingerprint density at radius 3 is 2.28 bits per heavy atom. The second-order valence-corrected chi connectivity index (χ2v) is 6.81. The molecule has 0 aromatic carbocycles. The topological polar surface area (TPSA) is 15.3 Å². The Morgan fingerprint density at radius 2 is 1.83 bits per heavy atom. The molecule has 110 valence electrons. The number of thioether (sulfide) groups is 1. The summed E-state index contributed by atoms with van der Waals surface area (Å²) in [5.41, 5.74) is 0.443. The summed E-state index contributed by atoms with van der Waals surface area (Å²) in [6, 6.07) is 0.587. The van der Waals surface area contributed by atoms with Gasteiger partial charge < -0.3 is 10.2 Å². The zero-order valence-corrected chi connectivity index (χ0v) is 14.2. The van der Waals surface area contributed by atoms with Crippen molar-refractivity contribution in [2.24, 2.45) is 5.41 Å². The van der Waals surface area contributed by atoms with E-state index in [9.17, 15) is 0 Å². The van der Waals surface area contributed by atoms with Crippen LogP contribution in [-0.4, -0.2) is 49.6 Å². The average molecular weight is 275 g/mol. The lowest BCUT2D eigenvalue weighted by atomic mass is 9.81. The van der Waals surface area contributed by atoms with Gasteiger partial charge in [-0.05, 0) is 50.3 Å². The average Bonchev–Trinajstić information content (AvgIpc) is 2.35. The van der Waals surface area contributed by atoms with Gasteiger partial charge in [-0.2, -0.15) is 11.8 Å². The Balaban J connectivity index is 4.22. The molecule has 0 radical (unpaired) electrons. The van der Waals surface area contributed by atoms with E-state index in [0.29, 0.717) is 11.5 Å². The highest BCUT2D eigenvalue weighted by molar-refractivity contribution is 7.98. The molecule has 0 saturated heterocycles. The van der Waals surface area contributed by atoms with E-state index in [0.717, 1.165) is 6.54 Å². The first-order valence-electron chi connectivity index (χ1n) is 7.40. The smallest absolute Gasteiger partial charge is 0.00469 e. The molecule has 0 bridgehead atoms. The van der Waals surface area contributed by atoms with Gasteiger partial charge in [-0.3, -0.25) is 0 Å². The third kappa shape index (κ3) is 7.65. The van der Waals surface area contributed by atoms with Crippen molar-refractivity contribution < 1.29 is 0 Å². The molecule has 0 aliphatic carbocycles. The van der Waals surface area contributed by atoms with E-state index >= 15 is 0 Å². The van der Waals surface area contributed by atoms with E-state index in [-0.39, 0.29) is 0 Å². The van der Waals surface area contributed by atoms with Crippen LogP contribution in [0.1, 0.15) is 47.0 Å². The molecule has 0 saturated carbocycles. The standard InChI is InChI=1S/C15H34N2S/c1-7-15(8-2,12-16-14(3)4)13-17(5)10-9-11-18-6/h14,16H,7-13H2,1-6H3. The van der Waals surface area contributed by atoms with E-state index in [4.69, 9.17) is 0 Å². The fourth-order valence-electron chi connectivity index (χ4n) is 2.33. The summed E-state index contributed by atoms with van der Waals surface area (Å²) >= 11 is 1.95. The summed E-state index contributed by atoms with van der Waals surface area (Å²) in [6.07, 6.45) is 6.01. The second-order valence-electron chi connectivity index (χ2n) is 5.83. The van der Waals surface area contributed by atoms with Gasteiger partial charge in [-0.15, -0.1) is 0 Å². The molecule has 3 heteroatoms. The van der Waals surface area contributed by atoms with Gasteiger partial charge in [-0.1, -0.05) is 27.7 Å². The Kier molecular flexibility index (Phi) is 10.3. The van der Waals surface area contributed by atoms with Crippen LogP contribution in [0, 0.1) is 5.41 Å². The summed E-state index contributed by atoms with van der Waals surface area (Å²) in [6.45, 7) is 12.7. The van der Waals surface area contributed by atoms with Crippen molar-refractivity contribution in [3.8, 4) is 0 Å². The molecular formula is C15H34N2S. The molecule has 18 heavy (non-hydrogen) atoms. The minimum Gasteiger partial charge on any atom is -0.314 e. The number of hydrogen-bond acceptors (Lipinski definition) is 3. The summed E-state index contributed by atoms with van der Waals surface area (Å²) in [7, 11) is 2.27. The van der Waals surface area contributed by atoms with Crippen molar-refractivity contribution in [3.05, 3.63) is 0 Å². The summed E-state index contributed by atoms with van der Waals surface area (Å²) < 4.78 is 0. The molecule has 1 N–H and O–H groups in total. The fourth-order valence-corrected chi connectivity index (χ4v) is 2.75. The van der Waals surface area contributed by atoms with Crippen LogP contribution in [-0.2, 0) is 0 Å². The highest BCUT2D eigenvalue weighted by Crippen LogP contribution is 2.26. The minimum atomic E-state index is 0.443. The first kappa shape index (κ1) is 18.3. The summed E-state index contributed by atoms with van der Waals surface area (Å²) in [5.74, 6) is 1.28. The summed E-state index contributed by atoms with van der Waals surface area (Å²) in [4.78, 5) is 2.52. The Morgan fingerprint density at radius 1 is 1.22 bits per heavy atom. The molecule has 0 amide bonds. The molecule has 0 fully saturated rings. The highest BCUT2D eigenvalue weighted by Gasteiger charge is 2.27. The van der Waals surface area contributed by atoms with Crippen molar-refractivity contribution in [3.63, 3.8) is 0 Å². The van der Waals surface area contributed by atoms with Gasteiger partial charge in [0.15, 0.2) is 0 Å². The lowest BCUT2D eigenvalue weighted by Gasteiger charge is -2.36. The van der Waals surface area contributed by atoms with Crippen LogP contribution >= 0.6 is 11.8 Å². The predicted molar refractivity (Wildman–Crippen MR) is 86.6 cm³/mol. The maximum Gasteiger partial charge on any atom is 0.00469 e. The first-order chi connectivity index (χ1) is 8.49. The predicted octanol–water partition coefficient (Wildman–Crippen LogP) is 3.48. The van der Waals surface area contributed by atoms with E-state index in [1.165, 1.54) is 38.1 Å². The Hall–Kier alpha value is 0.270. The van der Waals surface area contributed by atoms with Crippen molar-refractivity contribution in [1.29, 1.82) is 0 Å². The van der Waals surface area contributed by atoms with Crippen LogP contribution in [0.5, 0.6) is 0 Å². The fraction of sp³-hybridized carbons (Fsp3) is 1.00. The van der Waals surface area contributed by atoms with Crippen LogP contribution in [0.25, 0.3) is 0 Å². The third-order valence-corrected chi connectivity index (χ3v) is 4.58. The lowest BCUT2D eigenvalue weighted by molar-refractivity contribution is 0.152. The molecule has 0 heterocycles. The van der Waals surface area contributed by atoms with Gasteiger partial charge in [0.25, 0.3) is 0 Å². The maximum atomic E-state index is 3.63. The molecule has 0 rings (SSSR count). The van der Waals surface area contributed by atoms with Crippen LogP contribution in [0.4, 0.5) is 0 Å². The Bertz CT molecular complexity index is 191. The zero-order chi connectivity index (χ0) is 14.0. The summed E-state index contributed by atoms with van der Waals surface area (Å²) in [5, 5.41) is 3.63. The highest BCUT2D eigenvalue weighted by atomic mass is 32.2. The van der Waals surface area contributed by atoms with Crippen LogP contribution in [0.2, 0.25) is 0 Å². The van der Waals surface area contributed by atoms with Crippen molar-refractivity contribution >= 4 is 11.8 Å². The number of nitrogens with zero attached hydrogens (tertiary/aromatic N) is 1. The minimum absolute atomic E-state index is 0.443. The molecule has 0 aromatic heterocycles. The van der Waals surface area contributed by atoms with Crippen LogP contribution in [0.3, 0.4) is 0 Å². The maximum absolute atomic E-state index is 3.63. The molecule has 0 spiro atoms. The third-order valence-electron chi connectivity index (χ3n) is 3.88. The van der Waals surface area contributed by atoms with Crippen molar-refractivity contribution in [2.75, 3.05) is 38.7 Å². The van der Waals surface area contributed by atoms with E-state index in [1.807, 2.05) is 11.8 Å². The van der Waals surface area contributed by atoms with Gasteiger partial charge in [0.2, 0.25) is 0 Å². The quantitative estimate of drug-likeness (QED) is 0.581. The van der Waals surface area contributed by atoms with Crippen LogP contribution in [0.15, 0.2) is 0 Å². The van der Waals surface area contributed by atoms with E-state index in [1.54, 1.807) is 0 Å². The zero-order valence-electron chi connectivity index (χ0n) is 13.4. The van der Waals surface area contributed by atoms with Crippen molar-refractivity contribution in [2.45, 2.75) is 53.0 Å². The number of nitrogens with one attached hydrogen (secondary N) is 1.